The van der Waals surface area contributed by atoms with Gasteiger partial charge in [0.05, 0.1) is 27.3 Å². The van der Waals surface area contributed by atoms with Gasteiger partial charge in [-0.2, -0.15) is 0 Å². The van der Waals surface area contributed by atoms with Crippen LogP contribution in [-0.4, -0.2) is 69.9 Å². The van der Waals surface area contributed by atoms with Crippen LogP contribution < -0.4 is 5.32 Å². The number of nitrogens with zero attached hydrogens (tertiary/aromatic N) is 3. The highest BCUT2D eigenvalue weighted by Gasteiger charge is 2.42. The molecule has 3 aromatic rings. The van der Waals surface area contributed by atoms with Crippen LogP contribution in [0, 0.1) is 0 Å². The SMILES string of the molecule is COC1C(C)N(C(C)O)C(C)CN1C(=O)c1cc2c(C(=O)Nc3c(Cl)cncc3Cl)cccc2o1. The molecule has 35 heavy (non-hydrogen) atoms. The molecule has 4 rings (SSSR count). The highest BCUT2D eigenvalue weighted by Crippen LogP contribution is 2.32. The topological polar surface area (TPSA) is 108 Å². The molecular formula is C24H26Cl2N4O5. The fourth-order valence-corrected chi connectivity index (χ4v) is 5.20. The van der Waals surface area contributed by atoms with Crippen LogP contribution in [-0.2, 0) is 4.74 Å². The number of carbonyl (C=O) groups excluding carboxylic acids is 2. The number of nitrogens with one attached hydrogen (secondary N) is 1. The van der Waals surface area contributed by atoms with Crippen LogP contribution in [0.5, 0.6) is 0 Å². The summed E-state index contributed by atoms with van der Waals surface area (Å²) < 4.78 is 11.5. The summed E-state index contributed by atoms with van der Waals surface area (Å²) in [4.78, 5) is 33.9. The van der Waals surface area contributed by atoms with E-state index in [4.69, 9.17) is 32.4 Å². The van der Waals surface area contributed by atoms with E-state index in [9.17, 15) is 14.7 Å². The summed E-state index contributed by atoms with van der Waals surface area (Å²) >= 11 is 12.3. The summed E-state index contributed by atoms with van der Waals surface area (Å²) in [6, 6.07) is 6.14. The molecule has 1 aliphatic rings. The number of anilines is 1. The predicted molar refractivity (Wildman–Crippen MR) is 133 cm³/mol. The summed E-state index contributed by atoms with van der Waals surface area (Å²) in [6.45, 7) is 5.85. The molecule has 1 fully saturated rings. The molecule has 0 radical (unpaired) electrons. The Labute approximate surface area is 212 Å². The first-order valence-electron chi connectivity index (χ1n) is 11.1. The van der Waals surface area contributed by atoms with E-state index in [-0.39, 0.29) is 45.0 Å². The minimum atomic E-state index is -0.690. The molecular weight excluding hydrogens is 495 g/mol. The third kappa shape index (κ3) is 4.74. The van der Waals surface area contributed by atoms with Crippen LogP contribution in [0.2, 0.25) is 10.0 Å². The Kier molecular flexibility index (Phi) is 7.35. The second-order valence-electron chi connectivity index (χ2n) is 8.51. The maximum absolute atomic E-state index is 13.5. The summed E-state index contributed by atoms with van der Waals surface area (Å²) in [6.07, 6.45) is 1.47. The van der Waals surface area contributed by atoms with Gasteiger partial charge in [0.25, 0.3) is 11.8 Å². The number of fused-ring (bicyclic) bond motifs is 1. The quantitative estimate of drug-likeness (QED) is 0.517. The van der Waals surface area contributed by atoms with Crippen molar-refractivity contribution in [2.75, 3.05) is 19.0 Å². The number of aromatic nitrogens is 1. The lowest BCUT2D eigenvalue weighted by atomic mass is 10.0. The molecule has 3 heterocycles. The molecule has 0 bridgehead atoms. The largest absolute Gasteiger partial charge is 0.451 e. The van der Waals surface area contributed by atoms with E-state index in [1.165, 1.54) is 19.5 Å². The number of methoxy groups -OCH3 is 1. The molecule has 9 nitrogen and oxygen atoms in total. The third-order valence-corrected chi connectivity index (χ3v) is 6.78. The lowest BCUT2D eigenvalue weighted by Crippen LogP contribution is -2.65. The zero-order valence-electron chi connectivity index (χ0n) is 19.7. The molecule has 2 N–H and O–H groups in total. The van der Waals surface area contributed by atoms with E-state index >= 15 is 0 Å². The van der Waals surface area contributed by atoms with E-state index in [0.29, 0.717) is 17.5 Å². The van der Waals surface area contributed by atoms with Gasteiger partial charge in [0.2, 0.25) is 0 Å². The summed E-state index contributed by atoms with van der Waals surface area (Å²) in [5.41, 5.74) is 0.913. The van der Waals surface area contributed by atoms with E-state index in [0.717, 1.165) is 0 Å². The van der Waals surface area contributed by atoms with Gasteiger partial charge < -0.3 is 24.5 Å². The molecule has 1 saturated heterocycles. The van der Waals surface area contributed by atoms with E-state index < -0.39 is 18.4 Å². The van der Waals surface area contributed by atoms with Crippen molar-refractivity contribution in [2.45, 2.75) is 45.3 Å². The number of piperazine rings is 1. The van der Waals surface area contributed by atoms with Gasteiger partial charge in [0, 0.05) is 37.5 Å². The zero-order valence-corrected chi connectivity index (χ0v) is 21.2. The summed E-state index contributed by atoms with van der Waals surface area (Å²) in [7, 11) is 1.52. The van der Waals surface area contributed by atoms with Gasteiger partial charge in [-0.15, -0.1) is 0 Å². The van der Waals surface area contributed by atoms with Crippen molar-refractivity contribution in [1.82, 2.24) is 14.8 Å². The first kappa shape index (κ1) is 25.4. The minimum absolute atomic E-state index is 0.0761. The number of hydrogen-bond donors (Lipinski definition) is 2. The van der Waals surface area contributed by atoms with Gasteiger partial charge in [-0.25, -0.2) is 0 Å². The van der Waals surface area contributed by atoms with Gasteiger partial charge in [-0.05, 0) is 39.0 Å². The number of rotatable bonds is 5. The molecule has 0 spiro atoms. The van der Waals surface area contributed by atoms with Gasteiger partial charge >= 0.3 is 0 Å². The average molecular weight is 521 g/mol. The molecule has 11 heteroatoms. The normalized spacial score (nSPS) is 21.8. The van der Waals surface area contributed by atoms with E-state index in [1.54, 1.807) is 36.1 Å². The van der Waals surface area contributed by atoms with Crippen LogP contribution in [0.3, 0.4) is 0 Å². The zero-order chi connectivity index (χ0) is 25.4. The number of amides is 2. The van der Waals surface area contributed by atoms with E-state index in [2.05, 4.69) is 10.3 Å². The van der Waals surface area contributed by atoms with Crippen LogP contribution in [0.25, 0.3) is 11.0 Å². The fourth-order valence-electron chi connectivity index (χ4n) is 4.74. The van der Waals surface area contributed by atoms with Gasteiger partial charge in [0.15, 0.2) is 5.76 Å². The van der Waals surface area contributed by atoms with Crippen molar-refractivity contribution in [1.29, 1.82) is 0 Å². The van der Waals surface area contributed by atoms with Crippen molar-refractivity contribution in [3.63, 3.8) is 0 Å². The lowest BCUT2D eigenvalue weighted by Gasteiger charge is -2.49. The standard InChI is InChI=1S/C24H26Cl2N4O5/c1-12-11-29(24(34-4)13(2)30(12)14(3)31)23(33)20-8-16-15(6-5-7-19(16)35-20)22(32)28-21-17(25)9-27-10-18(21)26/h5-10,12-14,24,31H,11H2,1-4H3,(H,27,28,32). The lowest BCUT2D eigenvalue weighted by molar-refractivity contribution is -0.154. The van der Waals surface area contributed by atoms with Crippen LogP contribution in [0.1, 0.15) is 41.7 Å². The molecule has 1 aliphatic heterocycles. The second kappa shape index (κ2) is 10.1. The van der Waals surface area contributed by atoms with Crippen molar-refractivity contribution < 1.29 is 23.8 Å². The first-order valence-corrected chi connectivity index (χ1v) is 11.8. The van der Waals surface area contributed by atoms with Crippen LogP contribution in [0.15, 0.2) is 41.1 Å². The average Bonchev–Trinajstić information content (AvgIpc) is 3.25. The molecule has 2 aromatic heterocycles. The van der Waals surface area contributed by atoms with Gasteiger partial charge in [-0.1, -0.05) is 29.3 Å². The minimum Gasteiger partial charge on any atom is -0.451 e. The van der Waals surface area contributed by atoms with E-state index in [1.807, 2.05) is 18.7 Å². The Hall–Kier alpha value is -2.69. The number of pyridine rings is 1. The van der Waals surface area contributed by atoms with Crippen LogP contribution in [0.4, 0.5) is 5.69 Å². The number of carbonyl (C=O) groups is 2. The molecule has 4 atom stereocenters. The monoisotopic (exact) mass is 520 g/mol. The number of ether oxygens (including phenoxy) is 1. The highest BCUT2D eigenvalue weighted by atomic mass is 35.5. The molecule has 2 amide bonds. The number of benzene rings is 1. The summed E-state index contributed by atoms with van der Waals surface area (Å²) in [5, 5.41) is 13.8. The smallest absolute Gasteiger partial charge is 0.291 e. The Morgan fingerprint density at radius 2 is 1.94 bits per heavy atom. The van der Waals surface area contributed by atoms with Crippen molar-refractivity contribution in [3.8, 4) is 0 Å². The van der Waals surface area contributed by atoms with Crippen LogP contribution >= 0.6 is 23.2 Å². The maximum atomic E-state index is 13.5. The Morgan fingerprint density at radius 3 is 2.57 bits per heavy atom. The predicted octanol–water partition coefficient (Wildman–Crippen LogP) is 4.23. The number of aliphatic hydroxyl groups is 1. The Morgan fingerprint density at radius 1 is 1.26 bits per heavy atom. The fraction of sp³-hybridized carbons (Fsp3) is 0.375. The Balaban J connectivity index is 1.65. The molecule has 0 saturated carbocycles. The maximum Gasteiger partial charge on any atom is 0.291 e. The second-order valence-corrected chi connectivity index (χ2v) is 9.33. The molecule has 0 aliphatic carbocycles. The Bertz CT molecular complexity index is 1240. The van der Waals surface area contributed by atoms with Gasteiger partial charge in [0.1, 0.15) is 18.0 Å². The van der Waals surface area contributed by atoms with Crippen molar-refractivity contribution in [3.05, 3.63) is 58.0 Å². The number of hydrogen-bond acceptors (Lipinski definition) is 7. The van der Waals surface area contributed by atoms with Gasteiger partial charge in [-0.3, -0.25) is 19.5 Å². The third-order valence-electron chi connectivity index (χ3n) is 6.20. The first-order chi connectivity index (χ1) is 16.6. The number of halogens is 2. The number of aliphatic hydroxyl groups excluding tert-OH is 1. The summed E-state index contributed by atoms with van der Waals surface area (Å²) in [5.74, 6) is -0.760. The molecule has 4 unspecified atom stereocenters. The highest BCUT2D eigenvalue weighted by molar-refractivity contribution is 6.39. The molecule has 1 aromatic carbocycles. The van der Waals surface area contributed by atoms with Crippen molar-refractivity contribution in [2.24, 2.45) is 0 Å². The number of furan rings is 1. The van der Waals surface area contributed by atoms with Crippen molar-refractivity contribution >= 4 is 51.7 Å². The molecule has 186 valence electrons.